The summed E-state index contributed by atoms with van der Waals surface area (Å²) in [4.78, 5) is 14.2. The Bertz CT molecular complexity index is 523. The first-order chi connectivity index (χ1) is 10.7. The van der Waals surface area contributed by atoms with Gasteiger partial charge in [-0.15, -0.1) is 0 Å². The minimum Gasteiger partial charge on any atom is -0.491 e. The number of β-amino-alcohol motifs (C(OH)–C–C–N with tert-alkyl or cyclic N) is 1. The summed E-state index contributed by atoms with van der Waals surface area (Å²) in [6.07, 6.45) is 5.68. The van der Waals surface area contributed by atoms with Gasteiger partial charge in [-0.2, -0.15) is 0 Å². The Morgan fingerprint density at radius 1 is 1.14 bits per heavy atom. The van der Waals surface area contributed by atoms with E-state index in [1.165, 1.54) is 19.3 Å². The molecule has 0 radical (unpaired) electrons. The molecule has 4 nitrogen and oxygen atoms in total. The lowest BCUT2D eigenvalue weighted by Crippen LogP contribution is -2.38. The lowest BCUT2D eigenvalue weighted by Gasteiger charge is -2.28. The Labute approximate surface area is 132 Å². The van der Waals surface area contributed by atoms with Crippen LogP contribution < -0.4 is 4.74 Å². The maximum atomic E-state index is 11.9. The fourth-order valence-corrected chi connectivity index (χ4v) is 3.46. The molecular weight excluding hydrogens is 278 g/mol. The van der Waals surface area contributed by atoms with Crippen LogP contribution >= 0.6 is 0 Å². The number of benzene rings is 1. The molecule has 2 aliphatic rings. The van der Waals surface area contributed by atoms with E-state index in [1.807, 2.05) is 18.2 Å². The Kier molecular flexibility index (Phi) is 5.11. The minimum absolute atomic E-state index is 0.209. The number of rotatable bonds is 5. The number of hydrogen-bond donors (Lipinski definition) is 1. The minimum atomic E-state index is -0.478. The van der Waals surface area contributed by atoms with Gasteiger partial charge in [-0.25, -0.2) is 0 Å². The van der Waals surface area contributed by atoms with Crippen molar-refractivity contribution in [2.24, 2.45) is 0 Å². The average Bonchev–Trinajstić information content (AvgIpc) is 2.54. The molecule has 1 aliphatic carbocycles. The summed E-state index contributed by atoms with van der Waals surface area (Å²) < 4.78 is 5.83. The maximum Gasteiger partial charge on any atom is 0.163 e. The van der Waals surface area contributed by atoms with Crippen LogP contribution in [0.2, 0.25) is 0 Å². The zero-order valence-corrected chi connectivity index (χ0v) is 13.1. The molecule has 22 heavy (non-hydrogen) atoms. The normalized spacial score (nSPS) is 20.5. The van der Waals surface area contributed by atoms with Gasteiger partial charge in [-0.1, -0.05) is 18.6 Å². The molecule has 0 saturated carbocycles. The molecule has 1 saturated heterocycles. The summed E-state index contributed by atoms with van der Waals surface area (Å²) in [5.74, 6) is 0.976. The van der Waals surface area contributed by atoms with Crippen LogP contribution in [-0.4, -0.2) is 48.1 Å². The standard InChI is InChI=1S/C18H25NO3/c20-14(12-19-10-2-1-3-11-19)13-22-18-9-5-6-15-16(18)7-4-8-17(15)21/h5-6,9,14,20H,1-4,7-8,10-13H2. The van der Waals surface area contributed by atoms with Crippen LogP contribution in [0.25, 0.3) is 0 Å². The van der Waals surface area contributed by atoms with E-state index in [-0.39, 0.29) is 5.78 Å². The number of hydrogen-bond acceptors (Lipinski definition) is 4. The van der Waals surface area contributed by atoms with Gasteiger partial charge in [0.2, 0.25) is 0 Å². The van der Waals surface area contributed by atoms with Crippen molar-refractivity contribution in [3.8, 4) is 5.75 Å². The van der Waals surface area contributed by atoms with Crippen molar-refractivity contribution in [1.29, 1.82) is 0 Å². The van der Waals surface area contributed by atoms with E-state index in [0.717, 1.165) is 42.8 Å². The van der Waals surface area contributed by atoms with Gasteiger partial charge in [0.05, 0.1) is 0 Å². The fraction of sp³-hybridized carbons (Fsp3) is 0.611. The van der Waals surface area contributed by atoms with Crippen LogP contribution in [0.4, 0.5) is 0 Å². The van der Waals surface area contributed by atoms with E-state index < -0.39 is 6.10 Å². The molecule has 1 atom stereocenters. The van der Waals surface area contributed by atoms with E-state index in [4.69, 9.17) is 4.74 Å². The van der Waals surface area contributed by atoms with Gasteiger partial charge in [0.1, 0.15) is 18.5 Å². The van der Waals surface area contributed by atoms with E-state index in [0.29, 0.717) is 19.6 Å². The molecule has 1 fully saturated rings. The summed E-state index contributed by atoms with van der Waals surface area (Å²) in [6, 6.07) is 5.66. The van der Waals surface area contributed by atoms with Crippen LogP contribution in [0.5, 0.6) is 5.75 Å². The van der Waals surface area contributed by atoms with E-state index in [2.05, 4.69) is 4.90 Å². The van der Waals surface area contributed by atoms with Gasteiger partial charge in [0, 0.05) is 24.1 Å². The molecule has 3 rings (SSSR count). The Hall–Kier alpha value is -1.39. The third-order valence-corrected chi connectivity index (χ3v) is 4.61. The molecule has 1 aromatic rings. The number of nitrogens with zero attached hydrogens (tertiary/aromatic N) is 1. The third-order valence-electron chi connectivity index (χ3n) is 4.61. The number of aliphatic hydroxyl groups is 1. The molecule has 1 N–H and O–H groups in total. The number of aliphatic hydroxyl groups excluding tert-OH is 1. The third kappa shape index (κ3) is 3.68. The number of ketones is 1. The summed E-state index contributed by atoms with van der Waals surface area (Å²) in [6.45, 7) is 3.12. The summed E-state index contributed by atoms with van der Waals surface area (Å²) >= 11 is 0. The van der Waals surface area contributed by atoms with Crippen LogP contribution in [0.3, 0.4) is 0 Å². The summed E-state index contributed by atoms with van der Waals surface area (Å²) in [5.41, 5.74) is 1.82. The largest absolute Gasteiger partial charge is 0.491 e. The SMILES string of the molecule is O=C1CCCc2c(OCC(O)CN3CCCCC3)cccc21. The van der Waals surface area contributed by atoms with Crippen molar-refractivity contribution < 1.29 is 14.6 Å². The van der Waals surface area contributed by atoms with Crippen LogP contribution in [0.15, 0.2) is 18.2 Å². The van der Waals surface area contributed by atoms with Crippen molar-refractivity contribution in [2.45, 2.75) is 44.6 Å². The average molecular weight is 303 g/mol. The van der Waals surface area contributed by atoms with Crippen molar-refractivity contribution in [3.63, 3.8) is 0 Å². The molecule has 4 heteroatoms. The summed E-state index contributed by atoms with van der Waals surface area (Å²) in [5, 5.41) is 10.2. The number of carbonyl (C=O) groups is 1. The lowest BCUT2D eigenvalue weighted by molar-refractivity contribution is 0.0613. The number of ether oxygens (including phenoxy) is 1. The Balaban J connectivity index is 1.57. The van der Waals surface area contributed by atoms with Gasteiger partial charge < -0.3 is 14.7 Å². The van der Waals surface area contributed by atoms with Gasteiger partial charge >= 0.3 is 0 Å². The number of carbonyl (C=O) groups excluding carboxylic acids is 1. The Morgan fingerprint density at radius 2 is 1.95 bits per heavy atom. The second-order valence-corrected chi connectivity index (χ2v) is 6.39. The number of piperidine rings is 1. The topological polar surface area (TPSA) is 49.8 Å². The smallest absolute Gasteiger partial charge is 0.163 e. The number of Topliss-reactive ketones (excluding diaryl/α,β-unsaturated/α-hetero) is 1. The molecule has 0 amide bonds. The van der Waals surface area contributed by atoms with Gasteiger partial charge in [0.25, 0.3) is 0 Å². The molecular formula is C18H25NO3. The van der Waals surface area contributed by atoms with E-state index >= 15 is 0 Å². The highest BCUT2D eigenvalue weighted by Crippen LogP contribution is 2.29. The van der Waals surface area contributed by atoms with Crippen LogP contribution in [-0.2, 0) is 6.42 Å². The van der Waals surface area contributed by atoms with E-state index in [9.17, 15) is 9.90 Å². The zero-order chi connectivity index (χ0) is 15.4. The highest BCUT2D eigenvalue weighted by atomic mass is 16.5. The second-order valence-electron chi connectivity index (χ2n) is 6.39. The molecule has 1 unspecified atom stereocenters. The lowest BCUT2D eigenvalue weighted by atomic mass is 9.90. The van der Waals surface area contributed by atoms with Crippen molar-refractivity contribution in [3.05, 3.63) is 29.3 Å². The predicted octanol–water partition coefficient (Wildman–Crippen LogP) is 2.43. The van der Waals surface area contributed by atoms with E-state index in [1.54, 1.807) is 0 Å². The quantitative estimate of drug-likeness (QED) is 0.907. The first-order valence-corrected chi connectivity index (χ1v) is 8.42. The predicted molar refractivity (Wildman–Crippen MR) is 85.5 cm³/mol. The molecule has 0 aromatic heterocycles. The maximum absolute atomic E-state index is 11.9. The second kappa shape index (κ2) is 7.25. The van der Waals surface area contributed by atoms with Gasteiger partial charge in [-0.05, 0) is 44.8 Å². The van der Waals surface area contributed by atoms with Gasteiger partial charge in [-0.3, -0.25) is 4.79 Å². The first kappa shape index (κ1) is 15.5. The summed E-state index contributed by atoms with van der Waals surface area (Å²) in [7, 11) is 0. The highest BCUT2D eigenvalue weighted by molar-refractivity contribution is 5.99. The van der Waals surface area contributed by atoms with Crippen molar-refractivity contribution in [1.82, 2.24) is 4.90 Å². The fourth-order valence-electron chi connectivity index (χ4n) is 3.46. The zero-order valence-electron chi connectivity index (χ0n) is 13.1. The first-order valence-electron chi connectivity index (χ1n) is 8.42. The monoisotopic (exact) mass is 303 g/mol. The van der Waals surface area contributed by atoms with Crippen LogP contribution in [0.1, 0.15) is 48.0 Å². The van der Waals surface area contributed by atoms with Crippen molar-refractivity contribution in [2.75, 3.05) is 26.2 Å². The highest BCUT2D eigenvalue weighted by Gasteiger charge is 2.21. The number of fused-ring (bicyclic) bond motifs is 1. The molecule has 1 aliphatic heterocycles. The number of likely N-dealkylation sites (tertiary alicyclic amines) is 1. The molecule has 1 aromatic carbocycles. The molecule has 0 bridgehead atoms. The molecule has 1 heterocycles. The molecule has 120 valence electrons. The van der Waals surface area contributed by atoms with Gasteiger partial charge in [0.15, 0.2) is 5.78 Å². The Morgan fingerprint density at radius 3 is 2.77 bits per heavy atom. The van der Waals surface area contributed by atoms with Crippen molar-refractivity contribution >= 4 is 5.78 Å². The molecule has 0 spiro atoms. The van der Waals surface area contributed by atoms with Crippen LogP contribution in [0, 0.1) is 0 Å².